The molecular formula is C16H20. The Balaban J connectivity index is 2.34. The predicted octanol–water partition coefficient (Wildman–Crippen LogP) is 4.73. The van der Waals surface area contributed by atoms with Crippen LogP contribution in [-0.2, 0) is 0 Å². The average Bonchev–Trinajstić information content (AvgIpc) is 2.40. The molecule has 0 N–H and O–H groups in total. The fourth-order valence-electron chi connectivity index (χ4n) is 2.64. The van der Waals surface area contributed by atoms with Crippen molar-refractivity contribution in [2.75, 3.05) is 0 Å². The molecule has 16 heavy (non-hydrogen) atoms. The first kappa shape index (κ1) is 11.2. The van der Waals surface area contributed by atoms with Gasteiger partial charge in [0, 0.05) is 0 Å². The summed E-state index contributed by atoms with van der Waals surface area (Å²) in [6.07, 6.45) is 8.77. The minimum Gasteiger partial charge on any atom is -0.0998 e. The van der Waals surface area contributed by atoms with Crippen molar-refractivity contribution in [3.8, 4) is 0 Å². The Hall–Kier alpha value is -1.30. The molecule has 0 saturated heterocycles. The van der Waals surface area contributed by atoms with Gasteiger partial charge in [0.05, 0.1) is 0 Å². The molecule has 0 nitrogen and oxygen atoms in total. The van der Waals surface area contributed by atoms with Gasteiger partial charge in [0.2, 0.25) is 0 Å². The minimum absolute atomic E-state index is 0.640. The van der Waals surface area contributed by atoms with Crippen LogP contribution >= 0.6 is 0 Å². The highest BCUT2D eigenvalue weighted by atomic mass is 14.3. The number of allylic oxidation sites excluding steroid dienone is 7. The van der Waals surface area contributed by atoms with E-state index in [0.717, 1.165) is 19.3 Å². The van der Waals surface area contributed by atoms with Gasteiger partial charge < -0.3 is 0 Å². The SMILES string of the molecule is C=C1C=CCC(=C)C2=C1CCC(C(=C)C)C2. The summed E-state index contributed by atoms with van der Waals surface area (Å²) in [7, 11) is 0. The van der Waals surface area contributed by atoms with E-state index in [9.17, 15) is 0 Å². The first-order chi connectivity index (χ1) is 7.59. The zero-order valence-corrected chi connectivity index (χ0v) is 10.2. The molecule has 0 heteroatoms. The van der Waals surface area contributed by atoms with Crippen molar-refractivity contribution in [1.82, 2.24) is 0 Å². The zero-order chi connectivity index (χ0) is 11.7. The maximum atomic E-state index is 4.21. The topological polar surface area (TPSA) is 0 Å². The van der Waals surface area contributed by atoms with Crippen molar-refractivity contribution in [3.05, 3.63) is 59.8 Å². The van der Waals surface area contributed by atoms with Gasteiger partial charge in [-0.25, -0.2) is 0 Å². The lowest BCUT2D eigenvalue weighted by molar-refractivity contribution is 0.528. The van der Waals surface area contributed by atoms with E-state index < -0.39 is 0 Å². The van der Waals surface area contributed by atoms with E-state index in [4.69, 9.17) is 0 Å². The Kier molecular flexibility index (Phi) is 3.00. The largest absolute Gasteiger partial charge is 0.0998 e. The Labute approximate surface area is 98.8 Å². The van der Waals surface area contributed by atoms with E-state index in [-0.39, 0.29) is 0 Å². The summed E-state index contributed by atoms with van der Waals surface area (Å²) in [5.41, 5.74) is 6.66. The van der Waals surface area contributed by atoms with E-state index in [1.165, 1.54) is 34.3 Å². The first-order valence-corrected chi connectivity index (χ1v) is 6.01. The van der Waals surface area contributed by atoms with Gasteiger partial charge in [-0.15, -0.1) is 0 Å². The smallest absolute Gasteiger partial charge is 0.00971 e. The lowest BCUT2D eigenvalue weighted by Gasteiger charge is -2.28. The van der Waals surface area contributed by atoms with Crippen molar-refractivity contribution in [2.24, 2.45) is 5.92 Å². The molecule has 2 aliphatic rings. The first-order valence-electron chi connectivity index (χ1n) is 6.01. The molecule has 0 saturated carbocycles. The molecule has 0 spiro atoms. The predicted molar refractivity (Wildman–Crippen MR) is 71.2 cm³/mol. The van der Waals surface area contributed by atoms with Gasteiger partial charge in [-0.1, -0.05) is 37.5 Å². The van der Waals surface area contributed by atoms with Gasteiger partial charge in [0.15, 0.2) is 0 Å². The third-order valence-corrected chi connectivity index (χ3v) is 3.75. The van der Waals surface area contributed by atoms with Crippen molar-refractivity contribution >= 4 is 0 Å². The van der Waals surface area contributed by atoms with Crippen LogP contribution in [0.3, 0.4) is 0 Å². The van der Waals surface area contributed by atoms with E-state index >= 15 is 0 Å². The third kappa shape index (κ3) is 1.97. The van der Waals surface area contributed by atoms with E-state index in [2.05, 4.69) is 38.8 Å². The molecule has 0 radical (unpaired) electrons. The van der Waals surface area contributed by atoms with E-state index in [1.807, 2.05) is 0 Å². The number of rotatable bonds is 1. The highest BCUT2D eigenvalue weighted by Gasteiger charge is 2.24. The minimum atomic E-state index is 0.640. The third-order valence-electron chi connectivity index (χ3n) is 3.75. The molecule has 0 aliphatic heterocycles. The zero-order valence-electron chi connectivity index (χ0n) is 10.2. The van der Waals surface area contributed by atoms with Crippen molar-refractivity contribution in [3.63, 3.8) is 0 Å². The summed E-state index contributed by atoms with van der Waals surface area (Å²) < 4.78 is 0. The second-order valence-electron chi connectivity index (χ2n) is 4.98. The Morgan fingerprint density at radius 1 is 1.31 bits per heavy atom. The molecule has 0 fully saturated rings. The summed E-state index contributed by atoms with van der Waals surface area (Å²) >= 11 is 0. The van der Waals surface area contributed by atoms with Gasteiger partial charge >= 0.3 is 0 Å². The van der Waals surface area contributed by atoms with Crippen LogP contribution in [0.5, 0.6) is 0 Å². The molecule has 0 heterocycles. The van der Waals surface area contributed by atoms with E-state index in [0.29, 0.717) is 5.92 Å². The Morgan fingerprint density at radius 2 is 2.06 bits per heavy atom. The molecule has 0 bridgehead atoms. The van der Waals surface area contributed by atoms with Crippen LogP contribution in [0.25, 0.3) is 0 Å². The van der Waals surface area contributed by atoms with Crippen LogP contribution in [0.1, 0.15) is 32.6 Å². The summed E-state index contributed by atoms with van der Waals surface area (Å²) in [5, 5.41) is 0. The summed E-state index contributed by atoms with van der Waals surface area (Å²) in [6.45, 7) is 14.6. The van der Waals surface area contributed by atoms with Crippen LogP contribution in [0.4, 0.5) is 0 Å². The molecular weight excluding hydrogens is 192 g/mol. The maximum absolute atomic E-state index is 4.21. The molecule has 0 amide bonds. The molecule has 2 rings (SSSR count). The quantitative estimate of drug-likeness (QED) is 0.551. The van der Waals surface area contributed by atoms with Crippen LogP contribution in [0.15, 0.2) is 59.8 Å². The number of hydrogen-bond donors (Lipinski definition) is 0. The molecule has 0 aromatic carbocycles. The highest BCUT2D eigenvalue weighted by Crippen LogP contribution is 2.41. The van der Waals surface area contributed by atoms with Crippen LogP contribution in [-0.4, -0.2) is 0 Å². The van der Waals surface area contributed by atoms with Crippen molar-refractivity contribution < 1.29 is 0 Å². The molecule has 1 unspecified atom stereocenters. The molecule has 0 aromatic rings. The van der Waals surface area contributed by atoms with Crippen LogP contribution in [0, 0.1) is 5.92 Å². The summed E-state index contributed by atoms with van der Waals surface area (Å²) in [5.74, 6) is 0.640. The van der Waals surface area contributed by atoms with Gasteiger partial charge in [0.1, 0.15) is 0 Å². The standard InChI is InChI=1S/C16H20/c1-11(2)14-8-9-15-12(3)6-5-7-13(4)16(15)10-14/h5-6,14H,1,3-4,7-10H2,2H3. The van der Waals surface area contributed by atoms with Crippen LogP contribution < -0.4 is 0 Å². The molecule has 84 valence electrons. The van der Waals surface area contributed by atoms with E-state index in [1.54, 1.807) is 0 Å². The normalized spacial score (nSPS) is 25.4. The Morgan fingerprint density at radius 3 is 2.75 bits per heavy atom. The maximum Gasteiger partial charge on any atom is -0.00971 e. The number of hydrogen-bond acceptors (Lipinski definition) is 0. The highest BCUT2D eigenvalue weighted by molar-refractivity contribution is 5.51. The Bertz CT molecular complexity index is 415. The second kappa shape index (κ2) is 4.29. The molecule has 2 aliphatic carbocycles. The average molecular weight is 212 g/mol. The lowest BCUT2D eigenvalue weighted by Crippen LogP contribution is -2.12. The lowest BCUT2D eigenvalue weighted by atomic mass is 9.77. The summed E-state index contributed by atoms with van der Waals surface area (Å²) in [6, 6.07) is 0. The fourth-order valence-corrected chi connectivity index (χ4v) is 2.64. The van der Waals surface area contributed by atoms with Gasteiger partial charge in [-0.05, 0) is 60.8 Å². The monoisotopic (exact) mass is 212 g/mol. The van der Waals surface area contributed by atoms with Crippen molar-refractivity contribution in [1.29, 1.82) is 0 Å². The molecule has 1 atom stereocenters. The van der Waals surface area contributed by atoms with Crippen LogP contribution in [0.2, 0.25) is 0 Å². The van der Waals surface area contributed by atoms with Gasteiger partial charge in [-0.3, -0.25) is 0 Å². The van der Waals surface area contributed by atoms with Gasteiger partial charge in [-0.2, -0.15) is 0 Å². The fraction of sp³-hybridized carbons (Fsp3) is 0.375. The van der Waals surface area contributed by atoms with Gasteiger partial charge in [0.25, 0.3) is 0 Å². The van der Waals surface area contributed by atoms with Crippen molar-refractivity contribution in [2.45, 2.75) is 32.6 Å². The second-order valence-corrected chi connectivity index (χ2v) is 4.98. The summed E-state index contributed by atoms with van der Waals surface area (Å²) in [4.78, 5) is 0. The molecule has 0 aromatic heterocycles.